The Morgan fingerprint density at radius 1 is 1.25 bits per heavy atom. The molecule has 0 spiro atoms. The molecule has 1 N–H and O–H groups in total. The van der Waals surface area contributed by atoms with Gasteiger partial charge in [-0.3, -0.25) is 10.1 Å². The van der Waals surface area contributed by atoms with Gasteiger partial charge in [0.1, 0.15) is 10.2 Å². The van der Waals surface area contributed by atoms with Gasteiger partial charge in [0.25, 0.3) is 5.69 Å². The second kappa shape index (κ2) is 5.15. The maximum absolute atomic E-state index is 10.8. The molecule has 0 aliphatic heterocycles. The monoisotopic (exact) mass is 305 g/mol. The van der Waals surface area contributed by atoms with E-state index in [0.29, 0.717) is 5.03 Å². The summed E-state index contributed by atoms with van der Waals surface area (Å²) in [5.41, 5.74) is 0.940. The van der Waals surface area contributed by atoms with Crippen molar-refractivity contribution in [3.63, 3.8) is 0 Å². The highest BCUT2D eigenvalue weighted by Crippen LogP contribution is 2.31. The normalized spacial score (nSPS) is 10.8. The summed E-state index contributed by atoms with van der Waals surface area (Å²) >= 11 is 7.10. The van der Waals surface area contributed by atoms with Gasteiger partial charge in [0, 0.05) is 17.0 Å². The molecular weight excluding hydrogens is 298 g/mol. The SMILES string of the molecule is O=[N+]([O-])c1cc(Cl)nc(Sc2cc3ccccc3[nH]2)c1. The molecule has 0 bridgehead atoms. The maximum Gasteiger partial charge on any atom is 0.275 e. The smallest absolute Gasteiger partial charge is 0.275 e. The molecule has 7 heteroatoms. The average Bonchev–Trinajstić information content (AvgIpc) is 2.79. The molecule has 3 rings (SSSR count). The topological polar surface area (TPSA) is 71.8 Å². The lowest BCUT2D eigenvalue weighted by atomic mass is 10.3. The Kier molecular flexibility index (Phi) is 3.33. The maximum atomic E-state index is 10.8. The van der Waals surface area contributed by atoms with Gasteiger partial charge < -0.3 is 4.98 Å². The van der Waals surface area contributed by atoms with Crippen LogP contribution in [-0.2, 0) is 0 Å². The van der Waals surface area contributed by atoms with E-state index < -0.39 is 4.92 Å². The molecule has 0 unspecified atom stereocenters. The molecule has 2 aromatic heterocycles. The molecule has 100 valence electrons. The van der Waals surface area contributed by atoms with Crippen molar-refractivity contribution < 1.29 is 4.92 Å². The zero-order valence-electron chi connectivity index (χ0n) is 10.0. The summed E-state index contributed by atoms with van der Waals surface area (Å²) in [6.45, 7) is 0. The van der Waals surface area contributed by atoms with Crippen molar-refractivity contribution in [2.45, 2.75) is 10.1 Å². The number of aromatic amines is 1. The minimum atomic E-state index is -0.483. The second-order valence-corrected chi connectivity index (χ2v) is 5.52. The third-order valence-corrected chi connectivity index (χ3v) is 3.74. The Hall–Kier alpha value is -2.05. The molecule has 2 heterocycles. The number of nitrogens with one attached hydrogen (secondary N) is 1. The summed E-state index contributed by atoms with van der Waals surface area (Å²) in [6, 6.07) is 12.5. The number of hydrogen-bond donors (Lipinski definition) is 1. The molecule has 0 saturated heterocycles. The minimum Gasteiger partial charge on any atom is -0.349 e. The van der Waals surface area contributed by atoms with E-state index in [4.69, 9.17) is 11.6 Å². The number of pyridine rings is 1. The van der Waals surface area contributed by atoms with Crippen molar-refractivity contribution in [3.8, 4) is 0 Å². The Bertz CT molecular complexity index is 770. The second-order valence-electron chi connectivity index (χ2n) is 4.07. The van der Waals surface area contributed by atoms with Crippen LogP contribution >= 0.6 is 23.4 Å². The first-order chi connectivity index (χ1) is 9.61. The van der Waals surface area contributed by atoms with Crippen LogP contribution in [0.1, 0.15) is 0 Å². The predicted octanol–water partition coefficient (Wildman–Crippen LogP) is 4.28. The summed E-state index contributed by atoms with van der Waals surface area (Å²) in [7, 11) is 0. The zero-order valence-corrected chi connectivity index (χ0v) is 11.6. The first-order valence-electron chi connectivity index (χ1n) is 5.69. The van der Waals surface area contributed by atoms with Crippen LogP contribution in [0.4, 0.5) is 5.69 Å². The molecule has 0 saturated carbocycles. The quantitative estimate of drug-likeness (QED) is 0.445. The van der Waals surface area contributed by atoms with E-state index in [2.05, 4.69) is 9.97 Å². The van der Waals surface area contributed by atoms with E-state index in [0.717, 1.165) is 15.9 Å². The standard InChI is InChI=1S/C13H8ClN3O2S/c14-11-6-9(17(18)19)7-13(16-11)20-12-5-8-3-1-2-4-10(8)15-12/h1-7,15H. The van der Waals surface area contributed by atoms with Crippen LogP contribution in [0.5, 0.6) is 0 Å². The molecule has 20 heavy (non-hydrogen) atoms. The van der Waals surface area contributed by atoms with Gasteiger partial charge in [0.05, 0.1) is 16.0 Å². The molecule has 0 atom stereocenters. The van der Waals surface area contributed by atoms with Crippen molar-refractivity contribution in [1.82, 2.24) is 9.97 Å². The molecule has 3 aromatic rings. The van der Waals surface area contributed by atoms with Crippen LogP contribution < -0.4 is 0 Å². The van der Waals surface area contributed by atoms with Gasteiger partial charge in [-0.1, -0.05) is 41.6 Å². The highest BCUT2D eigenvalue weighted by atomic mass is 35.5. The van der Waals surface area contributed by atoms with Crippen LogP contribution in [0, 0.1) is 10.1 Å². The number of benzene rings is 1. The van der Waals surface area contributed by atoms with Crippen LogP contribution in [0.2, 0.25) is 5.15 Å². The number of nitro groups is 1. The largest absolute Gasteiger partial charge is 0.349 e. The van der Waals surface area contributed by atoms with Crippen molar-refractivity contribution in [2.24, 2.45) is 0 Å². The van der Waals surface area contributed by atoms with Crippen molar-refractivity contribution >= 4 is 40.0 Å². The van der Waals surface area contributed by atoms with E-state index in [1.54, 1.807) is 0 Å². The van der Waals surface area contributed by atoms with Gasteiger partial charge >= 0.3 is 0 Å². The third kappa shape index (κ3) is 2.61. The van der Waals surface area contributed by atoms with E-state index in [1.165, 1.54) is 23.9 Å². The third-order valence-electron chi connectivity index (χ3n) is 2.69. The van der Waals surface area contributed by atoms with Gasteiger partial charge in [-0.25, -0.2) is 4.98 Å². The van der Waals surface area contributed by atoms with E-state index in [9.17, 15) is 10.1 Å². The number of para-hydroxylation sites is 1. The summed E-state index contributed by atoms with van der Waals surface area (Å²) < 4.78 is 0. The van der Waals surface area contributed by atoms with E-state index in [-0.39, 0.29) is 10.8 Å². The lowest BCUT2D eigenvalue weighted by Crippen LogP contribution is -1.90. The fourth-order valence-electron chi connectivity index (χ4n) is 1.83. The Morgan fingerprint density at radius 2 is 2.05 bits per heavy atom. The first kappa shape index (κ1) is 13.0. The number of fused-ring (bicyclic) bond motifs is 1. The number of hydrogen-bond acceptors (Lipinski definition) is 4. The fourth-order valence-corrected chi connectivity index (χ4v) is 2.98. The lowest BCUT2D eigenvalue weighted by molar-refractivity contribution is -0.385. The zero-order chi connectivity index (χ0) is 14.1. The molecule has 0 radical (unpaired) electrons. The molecule has 0 aliphatic carbocycles. The Morgan fingerprint density at radius 3 is 2.80 bits per heavy atom. The summed E-state index contributed by atoms with van der Waals surface area (Å²) in [5, 5.41) is 13.3. The van der Waals surface area contributed by atoms with Crippen molar-refractivity contribution in [2.75, 3.05) is 0 Å². The van der Waals surface area contributed by atoms with Gasteiger partial charge in [-0.05, 0) is 12.1 Å². The minimum absolute atomic E-state index is 0.0661. The summed E-state index contributed by atoms with van der Waals surface area (Å²) in [6.07, 6.45) is 0. The van der Waals surface area contributed by atoms with Gasteiger partial charge in [0.15, 0.2) is 0 Å². The Labute approximate surface area is 123 Å². The average molecular weight is 306 g/mol. The molecular formula is C13H8ClN3O2S. The fraction of sp³-hybridized carbons (Fsp3) is 0. The lowest BCUT2D eigenvalue weighted by Gasteiger charge is -1.99. The number of halogens is 1. The van der Waals surface area contributed by atoms with Crippen LogP contribution in [0.15, 0.2) is 52.5 Å². The molecule has 1 aromatic carbocycles. The van der Waals surface area contributed by atoms with Crippen molar-refractivity contribution in [3.05, 3.63) is 57.7 Å². The van der Waals surface area contributed by atoms with E-state index >= 15 is 0 Å². The number of rotatable bonds is 3. The molecule has 5 nitrogen and oxygen atoms in total. The highest BCUT2D eigenvalue weighted by Gasteiger charge is 2.12. The first-order valence-corrected chi connectivity index (χ1v) is 6.89. The molecule has 0 aliphatic rings. The van der Waals surface area contributed by atoms with Gasteiger partial charge in [0.2, 0.25) is 0 Å². The van der Waals surface area contributed by atoms with Crippen LogP contribution in [0.25, 0.3) is 10.9 Å². The van der Waals surface area contributed by atoms with Gasteiger partial charge in [-0.2, -0.15) is 0 Å². The highest BCUT2D eigenvalue weighted by molar-refractivity contribution is 7.99. The predicted molar refractivity (Wildman–Crippen MR) is 78.3 cm³/mol. The summed E-state index contributed by atoms with van der Waals surface area (Å²) in [5.74, 6) is 0. The number of H-pyrrole nitrogens is 1. The number of nitrogens with zero attached hydrogens (tertiary/aromatic N) is 2. The Balaban J connectivity index is 1.96. The van der Waals surface area contributed by atoms with Crippen LogP contribution in [0.3, 0.4) is 0 Å². The van der Waals surface area contributed by atoms with Gasteiger partial charge in [-0.15, -0.1) is 0 Å². The summed E-state index contributed by atoms with van der Waals surface area (Å²) in [4.78, 5) is 17.6. The van der Waals surface area contributed by atoms with Crippen LogP contribution in [-0.4, -0.2) is 14.9 Å². The molecule has 0 amide bonds. The number of aromatic nitrogens is 2. The van der Waals surface area contributed by atoms with Crippen molar-refractivity contribution in [1.29, 1.82) is 0 Å². The molecule has 0 fully saturated rings. The van der Waals surface area contributed by atoms with E-state index in [1.807, 2.05) is 30.3 Å².